The van der Waals surface area contributed by atoms with E-state index in [1.165, 1.54) is 0 Å². The summed E-state index contributed by atoms with van der Waals surface area (Å²) in [6, 6.07) is 0. The first-order valence-corrected chi connectivity index (χ1v) is 5.93. The van der Waals surface area contributed by atoms with Crippen LogP contribution in [0.2, 0.25) is 0 Å². The molecule has 2 rings (SSSR count). The Labute approximate surface area is 106 Å². The summed E-state index contributed by atoms with van der Waals surface area (Å²) in [5, 5.41) is 14.6. The molecule has 0 saturated heterocycles. The summed E-state index contributed by atoms with van der Waals surface area (Å²) < 4.78 is 6.86. The van der Waals surface area contributed by atoms with E-state index in [0.717, 1.165) is 43.5 Å². The second-order valence-electron chi connectivity index (χ2n) is 3.89. The van der Waals surface area contributed by atoms with Gasteiger partial charge in [-0.05, 0) is 6.92 Å². The first-order chi connectivity index (χ1) is 8.83. The largest absolute Gasteiger partial charge is 0.383 e. The maximum absolute atomic E-state index is 4.95. The molecule has 2 aromatic heterocycles. The number of methoxy groups -OCH3 is 1. The van der Waals surface area contributed by atoms with Gasteiger partial charge in [0.15, 0.2) is 5.82 Å². The zero-order valence-corrected chi connectivity index (χ0v) is 10.7. The Morgan fingerprint density at radius 2 is 2.17 bits per heavy atom. The summed E-state index contributed by atoms with van der Waals surface area (Å²) in [5.74, 6) is 1.61. The van der Waals surface area contributed by atoms with E-state index < -0.39 is 0 Å². The van der Waals surface area contributed by atoms with Crippen molar-refractivity contribution in [2.24, 2.45) is 0 Å². The van der Waals surface area contributed by atoms with Gasteiger partial charge in [-0.25, -0.2) is 4.98 Å². The van der Waals surface area contributed by atoms with Gasteiger partial charge < -0.3 is 15.4 Å². The minimum atomic E-state index is 0.719. The van der Waals surface area contributed by atoms with Crippen LogP contribution in [0.1, 0.15) is 5.82 Å². The smallest absolute Gasteiger partial charge is 0.203 e. The van der Waals surface area contributed by atoms with Crippen LogP contribution in [0.4, 0.5) is 5.82 Å². The summed E-state index contributed by atoms with van der Waals surface area (Å²) in [7, 11) is 1.69. The molecule has 2 N–H and O–H groups in total. The molecule has 2 heterocycles. The number of fused-ring (bicyclic) bond motifs is 1. The van der Waals surface area contributed by atoms with E-state index in [0.29, 0.717) is 0 Å². The van der Waals surface area contributed by atoms with E-state index in [2.05, 4.69) is 25.8 Å². The number of aromatic nitrogens is 4. The lowest BCUT2D eigenvalue weighted by molar-refractivity contribution is 0.200. The van der Waals surface area contributed by atoms with Crippen LogP contribution in [0.5, 0.6) is 0 Å². The summed E-state index contributed by atoms with van der Waals surface area (Å²) in [4.78, 5) is 4.27. The molecule has 0 aliphatic carbocycles. The Kier molecular flexibility index (Phi) is 4.43. The summed E-state index contributed by atoms with van der Waals surface area (Å²) >= 11 is 0. The van der Waals surface area contributed by atoms with Crippen molar-refractivity contribution >= 4 is 11.5 Å². The van der Waals surface area contributed by atoms with E-state index in [1.807, 2.05) is 17.5 Å². The lowest BCUT2D eigenvalue weighted by Crippen LogP contribution is -2.25. The van der Waals surface area contributed by atoms with Gasteiger partial charge in [0.2, 0.25) is 5.65 Å². The molecule has 0 aliphatic heterocycles. The van der Waals surface area contributed by atoms with Gasteiger partial charge in [0.05, 0.1) is 6.61 Å². The number of hydrogen-bond donors (Lipinski definition) is 2. The second kappa shape index (κ2) is 6.27. The number of hydrogen-bond acceptors (Lipinski definition) is 6. The molecule has 0 aliphatic rings. The van der Waals surface area contributed by atoms with Crippen molar-refractivity contribution in [1.82, 2.24) is 24.9 Å². The van der Waals surface area contributed by atoms with Gasteiger partial charge in [-0.2, -0.15) is 0 Å². The van der Waals surface area contributed by atoms with Gasteiger partial charge in [-0.15, -0.1) is 10.2 Å². The highest BCUT2D eigenvalue weighted by Crippen LogP contribution is 2.10. The first kappa shape index (κ1) is 12.7. The highest BCUT2D eigenvalue weighted by Gasteiger charge is 2.06. The molecule has 2 aromatic rings. The molecular formula is C11H18N6O. The van der Waals surface area contributed by atoms with Crippen LogP contribution < -0.4 is 10.6 Å². The fraction of sp³-hybridized carbons (Fsp3) is 0.545. The Bertz CT molecular complexity index is 497. The Hall–Kier alpha value is -1.73. The fourth-order valence-electron chi connectivity index (χ4n) is 1.63. The van der Waals surface area contributed by atoms with Gasteiger partial charge in [-0.1, -0.05) is 0 Å². The van der Waals surface area contributed by atoms with E-state index in [9.17, 15) is 0 Å². The molecule has 0 atom stereocenters. The maximum atomic E-state index is 4.95. The van der Waals surface area contributed by atoms with Crippen molar-refractivity contribution in [3.8, 4) is 0 Å². The van der Waals surface area contributed by atoms with Crippen molar-refractivity contribution < 1.29 is 4.74 Å². The SMILES string of the molecule is COCCNCCNc1nccn2c(C)nnc12. The van der Waals surface area contributed by atoms with Crippen molar-refractivity contribution in [1.29, 1.82) is 0 Å². The number of aryl methyl sites for hydroxylation is 1. The highest BCUT2D eigenvalue weighted by molar-refractivity contribution is 5.61. The van der Waals surface area contributed by atoms with E-state index in [-0.39, 0.29) is 0 Å². The molecule has 7 nitrogen and oxygen atoms in total. The number of rotatable bonds is 7. The second-order valence-corrected chi connectivity index (χ2v) is 3.89. The molecular weight excluding hydrogens is 232 g/mol. The van der Waals surface area contributed by atoms with Crippen molar-refractivity contribution in [3.63, 3.8) is 0 Å². The molecule has 0 fully saturated rings. The van der Waals surface area contributed by atoms with Crippen LogP contribution in [0.15, 0.2) is 12.4 Å². The monoisotopic (exact) mass is 250 g/mol. The third-order valence-corrected chi connectivity index (χ3v) is 2.57. The van der Waals surface area contributed by atoms with Crippen molar-refractivity contribution in [2.45, 2.75) is 6.92 Å². The van der Waals surface area contributed by atoms with Crippen molar-refractivity contribution in [2.75, 3.05) is 38.7 Å². The van der Waals surface area contributed by atoms with Gasteiger partial charge in [0.25, 0.3) is 0 Å². The Morgan fingerprint density at radius 1 is 1.28 bits per heavy atom. The topological polar surface area (TPSA) is 76.4 Å². The summed E-state index contributed by atoms with van der Waals surface area (Å²) in [6.45, 7) is 5.11. The fourth-order valence-corrected chi connectivity index (χ4v) is 1.63. The molecule has 0 bridgehead atoms. The predicted octanol–water partition coefficient (Wildman–Crippen LogP) is 0.0806. The molecule has 0 amide bonds. The molecule has 7 heteroatoms. The average molecular weight is 250 g/mol. The van der Waals surface area contributed by atoms with Crippen LogP contribution >= 0.6 is 0 Å². The van der Waals surface area contributed by atoms with Crippen LogP contribution in [0.3, 0.4) is 0 Å². The molecule has 0 radical (unpaired) electrons. The lowest BCUT2D eigenvalue weighted by atomic mass is 10.5. The molecule has 0 aromatic carbocycles. The van der Waals surface area contributed by atoms with Gasteiger partial charge in [0.1, 0.15) is 5.82 Å². The summed E-state index contributed by atoms with van der Waals surface area (Å²) in [6.07, 6.45) is 3.59. The molecule has 0 saturated carbocycles. The number of anilines is 1. The minimum absolute atomic E-state index is 0.719. The Morgan fingerprint density at radius 3 is 3.00 bits per heavy atom. The lowest BCUT2D eigenvalue weighted by Gasteiger charge is -2.07. The average Bonchev–Trinajstić information content (AvgIpc) is 2.77. The van der Waals surface area contributed by atoms with Gasteiger partial charge in [-0.3, -0.25) is 4.40 Å². The van der Waals surface area contributed by atoms with Crippen molar-refractivity contribution in [3.05, 3.63) is 18.2 Å². The normalized spacial score (nSPS) is 11.0. The third kappa shape index (κ3) is 2.93. The molecule has 98 valence electrons. The van der Waals surface area contributed by atoms with Gasteiger partial charge in [0, 0.05) is 39.1 Å². The zero-order chi connectivity index (χ0) is 12.8. The highest BCUT2D eigenvalue weighted by atomic mass is 16.5. The zero-order valence-electron chi connectivity index (χ0n) is 10.7. The standard InChI is InChI=1S/C11H18N6O/c1-9-15-16-11-10(14-5-7-17(9)11)13-4-3-12-6-8-18-2/h5,7,12H,3-4,6,8H2,1-2H3,(H,13,14). The van der Waals surface area contributed by atoms with E-state index >= 15 is 0 Å². The molecule has 0 unspecified atom stereocenters. The first-order valence-electron chi connectivity index (χ1n) is 5.93. The number of nitrogens with zero attached hydrogens (tertiary/aromatic N) is 4. The number of ether oxygens (including phenoxy) is 1. The molecule has 18 heavy (non-hydrogen) atoms. The third-order valence-electron chi connectivity index (χ3n) is 2.57. The van der Waals surface area contributed by atoms with E-state index in [4.69, 9.17) is 4.74 Å². The van der Waals surface area contributed by atoms with Crippen LogP contribution in [0, 0.1) is 6.92 Å². The maximum Gasteiger partial charge on any atom is 0.203 e. The Balaban J connectivity index is 1.88. The van der Waals surface area contributed by atoms with Crippen LogP contribution in [0.25, 0.3) is 5.65 Å². The van der Waals surface area contributed by atoms with E-state index in [1.54, 1.807) is 13.3 Å². The predicted molar refractivity (Wildman–Crippen MR) is 68.8 cm³/mol. The van der Waals surface area contributed by atoms with Crippen LogP contribution in [-0.2, 0) is 4.74 Å². The quantitative estimate of drug-likeness (QED) is 0.678. The number of nitrogens with one attached hydrogen (secondary N) is 2. The molecule has 0 spiro atoms. The van der Waals surface area contributed by atoms with Gasteiger partial charge >= 0.3 is 0 Å². The minimum Gasteiger partial charge on any atom is -0.383 e. The summed E-state index contributed by atoms with van der Waals surface area (Å²) in [5.41, 5.74) is 0.756. The van der Waals surface area contributed by atoms with Crippen LogP contribution in [-0.4, -0.2) is 52.9 Å².